The quantitative estimate of drug-likeness (QED) is 0.560. The molecule has 0 unspecified atom stereocenters. The van der Waals surface area contributed by atoms with E-state index in [-0.39, 0.29) is 24.3 Å². The van der Waals surface area contributed by atoms with Crippen molar-refractivity contribution in [2.75, 3.05) is 6.61 Å². The van der Waals surface area contributed by atoms with Crippen LogP contribution in [0.15, 0.2) is 65.3 Å². The van der Waals surface area contributed by atoms with Crippen molar-refractivity contribution in [2.24, 2.45) is 0 Å². The maximum Gasteiger partial charge on any atom is 0.374 e. The second kappa shape index (κ2) is 9.03. The summed E-state index contributed by atoms with van der Waals surface area (Å²) in [6.07, 6.45) is 3.46. The van der Waals surface area contributed by atoms with Gasteiger partial charge >= 0.3 is 5.97 Å². The molecule has 7 heteroatoms. The van der Waals surface area contributed by atoms with E-state index in [9.17, 15) is 9.59 Å². The Morgan fingerprint density at radius 2 is 1.93 bits per heavy atom. The number of hydrogen-bond acceptors (Lipinski definition) is 5. The fourth-order valence-electron chi connectivity index (χ4n) is 2.75. The Labute approximate surface area is 163 Å². The summed E-state index contributed by atoms with van der Waals surface area (Å²) in [5.41, 5.74) is 1.02. The van der Waals surface area contributed by atoms with Gasteiger partial charge in [-0.15, -0.1) is 0 Å². The van der Waals surface area contributed by atoms with Crippen LogP contribution in [0.5, 0.6) is 0 Å². The Hall–Kier alpha value is -3.35. The zero-order valence-corrected chi connectivity index (χ0v) is 15.9. The molecule has 0 saturated heterocycles. The maximum absolute atomic E-state index is 12.5. The lowest BCUT2D eigenvalue weighted by atomic mass is 10.2. The highest BCUT2D eigenvalue weighted by molar-refractivity contribution is 5.88. The Balaban J connectivity index is 1.55. The molecule has 0 atom stereocenters. The molecule has 0 aliphatic heterocycles. The van der Waals surface area contributed by atoms with Crippen molar-refractivity contribution < 1.29 is 18.7 Å². The largest absolute Gasteiger partial charge is 0.452 e. The lowest BCUT2D eigenvalue weighted by molar-refractivity contribution is -0.137. The number of nitrogens with zero attached hydrogens (tertiary/aromatic N) is 3. The SMILES string of the molecule is CC(C)N(Cc1ccccc1)C(=O)COC(=O)c1ccc(Cn2cccn2)o1. The highest BCUT2D eigenvalue weighted by atomic mass is 16.5. The zero-order chi connectivity index (χ0) is 19.9. The Morgan fingerprint density at radius 3 is 2.61 bits per heavy atom. The first-order valence-electron chi connectivity index (χ1n) is 9.09. The fraction of sp³-hybridized carbons (Fsp3) is 0.286. The molecule has 0 radical (unpaired) electrons. The van der Waals surface area contributed by atoms with Gasteiger partial charge in [-0.05, 0) is 37.6 Å². The molecule has 3 aromatic rings. The van der Waals surface area contributed by atoms with Gasteiger partial charge in [0.2, 0.25) is 5.76 Å². The summed E-state index contributed by atoms with van der Waals surface area (Å²) in [6, 6.07) is 14.7. The van der Waals surface area contributed by atoms with Gasteiger partial charge in [0.15, 0.2) is 6.61 Å². The van der Waals surface area contributed by atoms with Gasteiger partial charge in [0, 0.05) is 25.0 Å². The predicted octanol–water partition coefficient (Wildman–Crippen LogP) is 3.12. The number of rotatable bonds is 8. The van der Waals surface area contributed by atoms with Gasteiger partial charge in [0.1, 0.15) is 5.76 Å². The van der Waals surface area contributed by atoms with Crippen LogP contribution in [-0.4, -0.2) is 39.2 Å². The molecule has 0 N–H and O–H groups in total. The molecule has 0 aliphatic carbocycles. The van der Waals surface area contributed by atoms with Crippen LogP contribution in [0.2, 0.25) is 0 Å². The third kappa shape index (κ3) is 5.09. The first-order chi connectivity index (χ1) is 13.5. The normalized spacial score (nSPS) is 10.8. The maximum atomic E-state index is 12.5. The van der Waals surface area contributed by atoms with E-state index in [1.165, 1.54) is 6.07 Å². The molecule has 2 heterocycles. The summed E-state index contributed by atoms with van der Waals surface area (Å²) in [5, 5.41) is 4.09. The van der Waals surface area contributed by atoms with Crippen LogP contribution in [0.1, 0.15) is 35.7 Å². The lowest BCUT2D eigenvalue weighted by Crippen LogP contribution is -2.39. The van der Waals surface area contributed by atoms with Gasteiger partial charge in [-0.3, -0.25) is 9.48 Å². The van der Waals surface area contributed by atoms with Gasteiger partial charge in [0.25, 0.3) is 5.91 Å². The number of esters is 1. The number of furan rings is 1. The Morgan fingerprint density at radius 1 is 1.14 bits per heavy atom. The van der Waals surface area contributed by atoms with Crippen LogP contribution in [0.3, 0.4) is 0 Å². The van der Waals surface area contributed by atoms with Crippen molar-refractivity contribution in [1.29, 1.82) is 0 Å². The second-order valence-electron chi connectivity index (χ2n) is 6.65. The molecule has 0 spiro atoms. The summed E-state index contributed by atoms with van der Waals surface area (Å²) in [6.45, 7) is 4.40. The van der Waals surface area contributed by atoms with Crippen molar-refractivity contribution in [2.45, 2.75) is 33.0 Å². The minimum absolute atomic E-state index is 0.0179. The number of hydrogen-bond donors (Lipinski definition) is 0. The summed E-state index contributed by atoms with van der Waals surface area (Å²) in [7, 11) is 0. The monoisotopic (exact) mass is 381 g/mol. The molecule has 0 saturated carbocycles. The minimum Gasteiger partial charge on any atom is -0.452 e. The van der Waals surface area contributed by atoms with Crippen molar-refractivity contribution in [3.05, 3.63) is 78.0 Å². The van der Waals surface area contributed by atoms with E-state index in [2.05, 4.69) is 5.10 Å². The third-order valence-electron chi connectivity index (χ3n) is 4.21. The van der Waals surface area contributed by atoms with Crippen LogP contribution in [0, 0.1) is 0 Å². The van der Waals surface area contributed by atoms with Gasteiger partial charge in [-0.1, -0.05) is 30.3 Å². The molecule has 28 heavy (non-hydrogen) atoms. The Bertz CT molecular complexity index is 901. The molecular weight excluding hydrogens is 358 g/mol. The third-order valence-corrected chi connectivity index (χ3v) is 4.21. The molecule has 3 rings (SSSR count). The molecule has 7 nitrogen and oxygen atoms in total. The number of benzene rings is 1. The second-order valence-corrected chi connectivity index (χ2v) is 6.65. The van der Waals surface area contributed by atoms with Crippen molar-refractivity contribution in [3.63, 3.8) is 0 Å². The molecule has 0 aliphatic rings. The zero-order valence-electron chi connectivity index (χ0n) is 15.9. The molecule has 2 aromatic heterocycles. The number of ether oxygens (including phenoxy) is 1. The summed E-state index contributed by atoms with van der Waals surface area (Å²) in [4.78, 5) is 26.4. The van der Waals surface area contributed by atoms with Crippen LogP contribution >= 0.6 is 0 Å². The van der Waals surface area contributed by atoms with E-state index in [4.69, 9.17) is 9.15 Å². The van der Waals surface area contributed by atoms with Crippen molar-refractivity contribution in [3.8, 4) is 0 Å². The topological polar surface area (TPSA) is 77.6 Å². The van der Waals surface area contributed by atoms with E-state index >= 15 is 0 Å². The standard InChI is InChI=1S/C21H23N3O4/c1-16(2)24(13-17-7-4-3-5-8-17)20(25)15-27-21(26)19-10-9-18(28-19)14-23-12-6-11-22-23/h3-12,16H,13-15H2,1-2H3. The average molecular weight is 381 g/mol. The molecule has 1 aromatic carbocycles. The number of carbonyl (C=O) groups is 2. The van der Waals surface area contributed by atoms with Gasteiger partial charge in [-0.25, -0.2) is 4.79 Å². The van der Waals surface area contributed by atoms with E-state index in [0.717, 1.165) is 5.56 Å². The molecular formula is C21H23N3O4. The Kier molecular flexibility index (Phi) is 6.26. The number of aromatic nitrogens is 2. The van der Waals surface area contributed by atoms with E-state index in [1.54, 1.807) is 34.1 Å². The van der Waals surface area contributed by atoms with Crippen LogP contribution in [-0.2, 0) is 22.6 Å². The first kappa shape index (κ1) is 19.4. The fourth-order valence-corrected chi connectivity index (χ4v) is 2.75. The van der Waals surface area contributed by atoms with E-state index in [0.29, 0.717) is 18.8 Å². The molecule has 0 bridgehead atoms. The summed E-state index contributed by atoms with van der Waals surface area (Å²) < 4.78 is 12.3. The highest BCUT2D eigenvalue weighted by Gasteiger charge is 2.20. The smallest absolute Gasteiger partial charge is 0.374 e. The van der Waals surface area contributed by atoms with Crippen molar-refractivity contribution >= 4 is 11.9 Å². The highest BCUT2D eigenvalue weighted by Crippen LogP contribution is 2.12. The lowest BCUT2D eigenvalue weighted by Gasteiger charge is -2.26. The van der Waals surface area contributed by atoms with Crippen LogP contribution < -0.4 is 0 Å². The first-order valence-corrected chi connectivity index (χ1v) is 9.09. The minimum atomic E-state index is -0.663. The van der Waals surface area contributed by atoms with E-state index in [1.807, 2.05) is 44.2 Å². The summed E-state index contributed by atoms with van der Waals surface area (Å²) in [5.74, 6) is -0.275. The van der Waals surface area contributed by atoms with Gasteiger partial charge < -0.3 is 14.1 Å². The molecule has 0 fully saturated rings. The number of carbonyl (C=O) groups excluding carboxylic acids is 2. The van der Waals surface area contributed by atoms with Crippen LogP contribution in [0.4, 0.5) is 0 Å². The van der Waals surface area contributed by atoms with Crippen molar-refractivity contribution in [1.82, 2.24) is 14.7 Å². The van der Waals surface area contributed by atoms with E-state index < -0.39 is 5.97 Å². The molecule has 1 amide bonds. The average Bonchev–Trinajstić information content (AvgIpc) is 3.37. The molecule has 146 valence electrons. The van der Waals surface area contributed by atoms with Crippen LogP contribution in [0.25, 0.3) is 0 Å². The number of amides is 1. The van der Waals surface area contributed by atoms with Gasteiger partial charge in [-0.2, -0.15) is 5.10 Å². The summed E-state index contributed by atoms with van der Waals surface area (Å²) >= 11 is 0. The van der Waals surface area contributed by atoms with Gasteiger partial charge in [0.05, 0.1) is 6.54 Å². The predicted molar refractivity (Wildman–Crippen MR) is 102 cm³/mol.